The molecule has 1 saturated heterocycles. The molecule has 1 aromatic heterocycles. The second-order valence-electron chi connectivity index (χ2n) is 3.52. The van der Waals surface area contributed by atoms with Gasteiger partial charge in [0.2, 0.25) is 5.91 Å². The van der Waals surface area contributed by atoms with Gasteiger partial charge in [-0.3, -0.25) is 15.1 Å². The lowest BCUT2D eigenvalue weighted by molar-refractivity contribution is -0.126. The van der Waals surface area contributed by atoms with Crippen molar-refractivity contribution in [3.05, 3.63) is 29.6 Å². The van der Waals surface area contributed by atoms with Crippen molar-refractivity contribution in [2.45, 2.75) is 13.1 Å². The number of amides is 1. The summed E-state index contributed by atoms with van der Waals surface area (Å²) in [6, 6.07) is 3.95. The zero-order chi connectivity index (χ0) is 10.1. The minimum Gasteiger partial charge on any atom is -0.325 e. The molecule has 0 saturated carbocycles. The van der Waals surface area contributed by atoms with E-state index in [1.165, 1.54) is 0 Å². The van der Waals surface area contributed by atoms with Crippen molar-refractivity contribution in [1.29, 1.82) is 0 Å². The number of aryl methyl sites for hydroxylation is 1. The van der Waals surface area contributed by atoms with Crippen LogP contribution in [0.15, 0.2) is 18.3 Å². The molecule has 4 heteroatoms. The molecule has 0 radical (unpaired) electrons. The van der Waals surface area contributed by atoms with Gasteiger partial charge in [0, 0.05) is 24.5 Å². The summed E-state index contributed by atoms with van der Waals surface area (Å²) in [6.07, 6.45) is 1.79. The Morgan fingerprint density at radius 3 is 2.86 bits per heavy atom. The molecule has 1 aliphatic rings. The van der Waals surface area contributed by atoms with Gasteiger partial charge in [0.1, 0.15) is 6.17 Å². The molecule has 1 aromatic rings. The fraction of sp³-hybridized carbons (Fsp3) is 0.400. The highest BCUT2D eigenvalue weighted by molar-refractivity contribution is 5.80. The number of carbonyl (C=O) groups is 1. The predicted molar refractivity (Wildman–Crippen MR) is 52.5 cm³/mol. The molecule has 2 heterocycles. The minimum atomic E-state index is -0.0180. The molecule has 0 aliphatic carbocycles. The highest BCUT2D eigenvalue weighted by atomic mass is 16.2. The van der Waals surface area contributed by atoms with Gasteiger partial charge in [-0.25, -0.2) is 0 Å². The fourth-order valence-corrected chi connectivity index (χ4v) is 1.57. The number of carbonyl (C=O) groups excluding carboxylic acids is 1. The van der Waals surface area contributed by atoms with Gasteiger partial charge in [0.25, 0.3) is 0 Å². The molecule has 0 bridgehead atoms. The Labute approximate surface area is 82.9 Å². The number of pyridine rings is 1. The van der Waals surface area contributed by atoms with E-state index in [4.69, 9.17) is 0 Å². The van der Waals surface area contributed by atoms with Crippen LogP contribution in [0.5, 0.6) is 0 Å². The van der Waals surface area contributed by atoms with Gasteiger partial charge in [0.05, 0.1) is 6.54 Å². The second-order valence-corrected chi connectivity index (χ2v) is 3.52. The first-order chi connectivity index (χ1) is 6.68. The first-order valence-corrected chi connectivity index (χ1v) is 4.60. The Morgan fingerprint density at radius 1 is 1.57 bits per heavy atom. The summed E-state index contributed by atoms with van der Waals surface area (Å²) in [7, 11) is 1.80. The first kappa shape index (κ1) is 9.15. The van der Waals surface area contributed by atoms with Crippen molar-refractivity contribution in [3.63, 3.8) is 0 Å². The van der Waals surface area contributed by atoms with Gasteiger partial charge in [0.15, 0.2) is 0 Å². The fourth-order valence-electron chi connectivity index (χ4n) is 1.57. The third-order valence-electron chi connectivity index (χ3n) is 2.48. The predicted octanol–water partition coefficient (Wildman–Crippen LogP) is 0.450. The Balaban J connectivity index is 2.23. The molecular weight excluding hydrogens is 178 g/mol. The van der Waals surface area contributed by atoms with Crippen molar-refractivity contribution in [2.75, 3.05) is 13.6 Å². The van der Waals surface area contributed by atoms with E-state index in [0.29, 0.717) is 6.54 Å². The van der Waals surface area contributed by atoms with Gasteiger partial charge < -0.3 is 4.90 Å². The normalized spacial score (nSPS) is 21.7. The lowest BCUT2D eigenvalue weighted by Crippen LogP contribution is -2.25. The Kier molecular flexibility index (Phi) is 2.21. The molecule has 0 spiro atoms. The van der Waals surface area contributed by atoms with E-state index in [0.717, 1.165) is 11.3 Å². The molecule has 1 aliphatic heterocycles. The Bertz CT molecular complexity index is 347. The summed E-state index contributed by atoms with van der Waals surface area (Å²) in [5.74, 6) is 0.121. The van der Waals surface area contributed by atoms with Gasteiger partial charge in [-0.05, 0) is 13.0 Å². The van der Waals surface area contributed by atoms with Crippen LogP contribution < -0.4 is 5.32 Å². The monoisotopic (exact) mass is 191 g/mol. The second kappa shape index (κ2) is 3.38. The molecule has 4 nitrogen and oxygen atoms in total. The maximum atomic E-state index is 11.3. The van der Waals surface area contributed by atoms with E-state index < -0.39 is 0 Å². The molecule has 74 valence electrons. The molecule has 1 atom stereocenters. The highest BCUT2D eigenvalue weighted by Crippen LogP contribution is 2.19. The number of hydrogen-bond acceptors (Lipinski definition) is 3. The van der Waals surface area contributed by atoms with Crippen LogP contribution in [0, 0.1) is 6.92 Å². The topological polar surface area (TPSA) is 45.2 Å². The van der Waals surface area contributed by atoms with E-state index in [9.17, 15) is 4.79 Å². The van der Waals surface area contributed by atoms with Crippen LogP contribution in [-0.4, -0.2) is 29.4 Å². The summed E-state index contributed by atoms with van der Waals surface area (Å²) < 4.78 is 0. The van der Waals surface area contributed by atoms with Crippen LogP contribution in [0.3, 0.4) is 0 Å². The molecule has 2 rings (SSSR count). The van der Waals surface area contributed by atoms with E-state index in [1.54, 1.807) is 11.9 Å². The molecule has 1 N–H and O–H groups in total. The van der Waals surface area contributed by atoms with Gasteiger partial charge in [-0.1, -0.05) is 6.07 Å². The van der Waals surface area contributed by atoms with Crippen LogP contribution in [0.2, 0.25) is 0 Å². The summed E-state index contributed by atoms with van der Waals surface area (Å²) in [5, 5.41) is 3.13. The standard InChI is InChI=1S/C10H13N3O/c1-7-3-4-8(5-11-7)10-12-6-9(14)13(10)2/h3-5,10,12H,6H2,1-2H3. The average molecular weight is 191 g/mol. The number of rotatable bonds is 1. The van der Waals surface area contributed by atoms with Crippen LogP contribution in [-0.2, 0) is 4.79 Å². The number of hydrogen-bond donors (Lipinski definition) is 1. The first-order valence-electron chi connectivity index (χ1n) is 4.60. The van der Waals surface area contributed by atoms with Gasteiger partial charge in [-0.15, -0.1) is 0 Å². The largest absolute Gasteiger partial charge is 0.325 e. The Morgan fingerprint density at radius 2 is 2.36 bits per heavy atom. The quantitative estimate of drug-likeness (QED) is 0.701. The highest BCUT2D eigenvalue weighted by Gasteiger charge is 2.27. The smallest absolute Gasteiger partial charge is 0.237 e. The molecule has 0 aromatic carbocycles. The minimum absolute atomic E-state index is 0.0180. The molecule has 1 unspecified atom stereocenters. The molecule has 1 amide bonds. The molecule has 14 heavy (non-hydrogen) atoms. The van der Waals surface area contributed by atoms with Crippen molar-refractivity contribution >= 4 is 5.91 Å². The van der Waals surface area contributed by atoms with Crippen molar-refractivity contribution in [2.24, 2.45) is 0 Å². The third kappa shape index (κ3) is 1.48. The zero-order valence-electron chi connectivity index (χ0n) is 8.32. The van der Waals surface area contributed by atoms with E-state index in [-0.39, 0.29) is 12.1 Å². The lowest BCUT2D eigenvalue weighted by Gasteiger charge is -2.19. The van der Waals surface area contributed by atoms with Crippen molar-refractivity contribution in [3.8, 4) is 0 Å². The van der Waals surface area contributed by atoms with Crippen LogP contribution >= 0.6 is 0 Å². The number of aromatic nitrogens is 1. The maximum Gasteiger partial charge on any atom is 0.237 e. The van der Waals surface area contributed by atoms with E-state index in [2.05, 4.69) is 10.3 Å². The number of likely N-dealkylation sites (N-methyl/N-ethyl adjacent to an activating group) is 1. The third-order valence-corrected chi connectivity index (χ3v) is 2.48. The summed E-state index contributed by atoms with van der Waals surface area (Å²) in [4.78, 5) is 17.2. The number of nitrogens with one attached hydrogen (secondary N) is 1. The van der Waals surface area contributed by atoms with Crippen molar-refractivity contribution < 1.29 is 4.79 Å². The van der Waals surface area contributed by atoms with Crippen LogP contribution in [0.25, 0.3) is 0 Å². The zero-order valence-corrected chi connectivity index (χ0v) is 8.32. The summed E-state index contributed by atoms with van der Waals surface area (Å²) in [5.41, 5.74) is 2.02. The lowest BCUT2D eigenvalue weighted by atomic mass is 10.2. The van der Waals surface area contributed by atoms with E-state index >= 15 is 0 Å². The average Bonchev–Trinajstić information content (AvgIpc) is 2.50. The van der Waals surface area contributed by atoms with Crippen LogP contribution in [0.1, 0.15) is 17.4 Å². The van der Waals surface area contributed by atoms with Crippen molar-refractivity contribution in [1.82, 2.24) is 15.2 Å². The van der Waals surface area contributed by atoms with Crippen LogP contribution in [0.4, 0.5) is 0 Å². The summed E-state index contributed by atoms with van der Waals surface area (Å²) in [6.45, 7) is 2.36. The SMILES string of the molecule is Cc1ccc(C2NCC(=O)N2C)cn1. The number of nitrogens with zero attached hydrogens (tertiary/aromatic N) is 2. The van der Waals surface area contributed by atoms with Gasteiger partial charge in [-0.2, -0.15) is 0 Å². The van der Waals surface area contributed by atoms with E-state index in [1.807, 2.05) is 25.3 Å². The maximum absolute atomic E-state index is 11.3. The van der Waals surface area contributed by atoms with Gasteiger partial charge >= 0.3 is 0 Å². The summed E-state index contributed by atoms with van der Waals surface area (Å²) >= 11 is 0. The molecular formula is C10H13N3O. The molecule has 1 fully saturated rings. The Hall–Kier alpha value is -1.42.